The van der Waals surface area contributed by atoms with E-state index in [9.17, 15) is 4.39 Å². The van der Waals surface area contributed by atoms with E-state index in [2.05, 4.69) is 26.2 Å². The Hall–Kier alpha value is -0.680. The molecule has 0 saturated heterocycles. The molecule has 0 aliphatic rings. The average Bonchev–Trinajstić information content (AvgIpc) is 2.34. The molecule has 0 fully saturated rings. The quantitative estimate of drug-likeness (QED) is 0.626. The fraction of sp³-hybridized carbons (Fsp3) is 0.600. The van der Waals surface area contributed by atoms with Crippen molar-refractivity contribution < 1.29 is 9.13 Å². The van der Waals surface area contributed by atoms with Crippen LogP contribution in [0.1, 0.15) is 33.3 Å². The summed E-state index contributed by atoms with van der Waals surface area (Å²) in [6.07, 6.45) is 0.328. The molecule has 3 nitrogen and oxygen atoms in total. The Morgan fingerprint density at radius 1 is 1.40 bits per heavy atom. The Bertz CT molecular complexity index is 434. The first-order valence-electron chi connectivity index (χ1n) is 6.81. The van der Waals surface area contributed by atoms with Gasteiger partial charge in [-0.05, 0) is 36.5 Å². The van der Waals surface area contributed by atoms with E-state index in [1.165, 1.54) is 6.07 Å². The summed E-state index contributed by atoms with van der Waals surface area (Å²) in [5.41, 5.74) is 3.23. The van der Waals surface area contributed by atoms with Gasteiger partial charge in [0.15, 0.2) is 0 Å². The van der Waals surface area contributed by atoms with E-state index in [0.717, 1.165) is 0 Å². The minimum Gasteiger partial charge on any atom is -0.376 e. The third-order valence-electron chi connectivity index (χ3n) is 3.23. The zero-order valence-electron chi connectivity index (χ0n) is 12.5. The molecule has 0 aliphatic heterocycles. The molecule has 114 valence electrons. The lowest BCUT2D eigenvalue weighted by Gasteiger charge is -2.36. The van der Waals surface area contributed by atoms with Crippen molar-refractivity contribution in [3.05, 3.63) is 34.6 Å². The number of ether oxygens (including phenoxy) is 1. The van der Waals surface area contributed by atoms with E-state index in [4.69, 9.17) is 22.2 Å². The molecule has 0 spiro atoms. The van der Waals surface area contributed by atoms with Crippen molar-refractivity contribution in [2.45, 2.75) is 46.3 Å². The molecule has 0 amide bonds. The summed E-state index contributed by atoms with van der Waals surface area (Å²) in [7, 11) is 0. The molecular weight excluding hydrogens is 279 g/mol. The number of hydrogen-bond donors (Lipinski definition) is 2. The second kappa shape index (κ2) is 7.36. The van der Waals surface area contributed by atoms with Crippen molar-refractivity contribution in [2.75, 3.05) is 6.61 Å². The molecule has 5 heteroatoms. The van der Waals surface area contributed by atoms with Gasteiger partial charge in [0, 0.05) is 11.6 Å². The van der Waals surface area contributed by atoms with Crippen molar-refractivity contribution in [3.63, 3.8) is 0 Å². The van der Waals surface area contributed by atoms with Gasteiger partial charge in [0.05, 0.1) is 12.1 Å². The van der Waals surface area contributed by atoms with Crippen LogP contribution in [0, 0.1) is 11.2 Å². The van der Waals surface area contributed by atoms with Gasteiger partial charge in [-0.25, -0.2) is 4.39 Å². The first kappa shape index (κ1) is 17.4. The molecule has 2 unspecified atom stereocenters. The standard InChI is InChI=1S/C15H24ClFN2O/c1-5-20-14(15(2,3)4)13(19-18)8-10-6-7-11(16)9-12(10)17/h6-7,9,13-14,19H,5,8,18H2,1-4H3. The Kier molecular flexibility index (Phi) is 6.40. The van der Waals surface area contributed by atoms with Gasteiger partial charge in [-0.15, -0.1) is 0 Å². The first-order valence-corrected chi connectivity index (χ1v) is 7.19. The van der Waals surface area contributed by atoms with Crippen LogP contribution in [0.3, 0.4) is 0 Å². The van der Waals surface area contributed by atoms with Gasteiger partial charge < -0.3 is 4.74 Å². The first-order chi connectivity index (χ1) is 9.29. The molecule has 0 aromatic heterocycles. The van der Waals surface area contributed by atoms with Gasteiger partial charge >= 0.3 is 0 Å². The monoisotopic (exact) mass is 302 g/mol. The van der Waals surface area contributed by atoms with Crippen LogP contribution in [0.25, 0.3) is 0 Å². The van der Waals surface area contributed by atoms with Crippen LogP contribution in [0.4, 0.5) is 4.39 Å². The molecule has 0 aliphatic carbocycles. The van der Waals surface area contributed by atoms with E-state index in [0.29, 0.717) is 23.6 Å². The number of nitrogens with two attached hydrogens (primary N) is 1. The normalized spacial score (nSPS) is 15.2. The second-order valence-corrected chi connectivity index (χ2v) is 6.39. The third kappa shape index (κ3) is 4.70. The van der Waals surface area contributed by atoms with Crippen molar-refractivity contribution in [1.29, 1.82) is 0 Å². The highest BCUT2D eigenvalue weighted by molar-refractivity contribution is 6.30. The van der Waals surface area contributed by atoms with Crippen molar-refractivity contribution in [1.82, 2.24) is 5.43 Å². The number of rotatable bonds is 6. The Balaban J connectivity index is 2.94. The predicted molar refractivity (Wildman–Crippen MR) is 81.1 cm³/mol. The van der Waals surface area contributed by atoms with Crippen molar-refractivity contribution in [2.24, 2.45) is 11.3 Å². The van der Waals surface area contributed by atoms with Crippen LogP contribution >= 0.6 is 11.6 Å². The highest BCUT2D eigenvalue weighted by Gasteiger charge is 2.32. The topological polar surface area (TPSA) is 47.3 Å². The number of benzene rings is 1. The maximum Gasteiger partial charge on any atom is 0.127 e. The van der Waals surface area contributed by atoms with Crippen LogP contribution in [0.5, 0.6) is 0 Å². The minimum atomic E-state index is -0.318. The molecule has 1 rings (SSSR count). The number of hydrazine groups is 1. The summed E-state index contributed by atoms with van der Waals surface area (Å²) in [5, 5.41) is 0.390. The molecule has 0 saturated carbocycles. The summed E-state index contributed by atoms with van der Waals surface area (Å²) >= 11 is 5.77. The summed E-state index contributed by atoms with van der Waals surface area (Å²) in [5.74, 6) is 5.33. The molecule has 0 bridgehead atoms. The molecular formula is C15H24ClFN2O. The largest absolute Gasteiger partial charge is 0.376 e. The summed E-state index contributed by atoms with van der Waals surface area (Å²) < 4.78 is 19.7. The Morgan fingerprint density at radius 3 is 2.50 bits per heavy atom. The van der Waals surface area contributed by atoms with Crippen molar-refractivity contribution >= 4 is 11.6 Å². The fourth-order valence-electron chi connectivity index (χ4n) is 2.33. The highest BCUT2D eigenvalue weighted by atomic mass is 35.5. The average molecular weight is 303 g/mol. The number of nitrogens with one attached hydrogen (secondary N) is 1. The van der Waals surface area contributed by atoms with Crippen LogP contribution < -0.4 is 11.3 Å². The summed E-state index contributed by atoms with van der Waals surface area (Å²) in [4.78, 5) is 0. The molecule has 0 radical (unpaired) electrons. The van der Waals surface area contributed by atoms with Gasteiger partial charge in [-0.2, -0.15) is 0 Å². The van der Waals surface area contributed by atoms with Crippen LogP contribution in [-0.2, 0) is 11.2 Å². The number of hydrogen-bond acceptors (Lipinski definition) is 3. The maximum atomic E-state index is 13.9. The Morgan fingerprint density at radius 2 is 2.05 bits per heavy atom. The van der Waals surface area contributed by atoms with Gasteiger partial charge in [0.25, 0.3) is 0 Å². The van der Waals surface area contributed by atoms with Gasteiger partial charge in [-0.3, -0.25) is 11.3 Å². The lowest BCUT2D eigenvalue weighted by Crippen LogP contribution is -2.52. The van der Waals surface area contributed by atoms with Crippen LogP contribution in [-0.4, -0.2) is 18.8 Å². The van der Waals surface area contributed by atoms with Gasteiger partial charge in [0.2, 0.25) is 0 Å². The van der Waals surface area contributed by atoms with E-state index in [1.54, 1.807) is 12.1 Å². The Labute approximate surface area is 125 Å². The highest BCUT2D eigenvalue weighted by Crippen LogP contribution is 2.27. The fourth-order valence-corrected chi connectivity index (χ4v) is 2.49. The van der Waals surface area contributed by atoms with Crippen LogP contribution in [0.2, 0.25) is 5.02 Å². The van der Waals surface area contributed by atoms with Crippen molar-refractivity contribution in [3.8, 4) is 0 Å². The predicted octanol–water partition coefficient (Wildman–Crippen LogP) is 3.30. The van der Waals surface area contributed by atoms with E-state index in [-0.39, 0.29) is 23.4 Å². The minimum absolute atomic E-state index is 0.101. The lowest BCUT2D eigenvalue weighted by atomic mass is 9.82. The van der Waals surface area contributed by atoms with Gasteiger partial charge in [0.1, 0.15) is 5.82 Å². The van der Waals surface area contributed by atoms with Crippen LogP contribution in [0.15, 0.2) is 18.2 Å². The molecule has 3 N–H and O–H groups in total. The second-order valence-electron chi connectivity index (χ2n) is 5.95. The van der Waals surface area contributed by atoms with E-state index < -0.39 is 0 Å². The zero-order valence-corrected chi connectivity index (χ0v) is 13.3. The van der Waals surface area contributed by atoms with E-state index >= 15 is 0 Å². The summed E-state index contributed by atoms with van der Waals surface area (Å²) in [6, 6.07) is 4.51. The SMILES string of the molecule is CCOC(C(Cc1ccc(Cl)cc1F)NN)C(C)(C)C. The smallest absolute Gasteiger partial charge is 0.127 e. The maximum absolute atomic E-state index is 13.9. The molecule has 0 heterocycles. The molecule has 20 heavy (non-hydrogen) atoms. The lowest BCUT2D eigenvalue weighted by molar-refractivity contribution is -0.0357. The molecule has 1 aromatic carbocycles. The number of halogens is 2. The molecule has 1 aromatic rings. The zero-order chi connectivity index (χ0) is 15.3. The summed E-state index contributed by atoms with van der Waals surface area (Å²) in [6.45, 7) is 8.76. The third-order valence-corrected chi connectivity index (χ3v) is 3.47. The molecule has 2 atom stereocenters. The van der Waals surface area contributed by atoms with Gasteiger partial charge in [-0.1, -0.05) is 38.4 Å². The van der Waals surface area contributed by atoms with E-state index in [1.807, 2.05) is 6.92 Å².